The maximum absolute atomic E-state index is 14.0. The number of carbonyl (C=O) groups is 1. The molecule has 0 bridgehead atoms. The molecule has 0 radical (unpaired) electrons. The molecule has 3 rings (SSSR count). The number of aromatic nitrogens is 3. The van der Waals surface area contributed by atoms with Crippen LogP contribution >= 0.6 is 0 Å². The van der Waals surface area contributed by atoms with Crippen molar-refractivity contribution in [3.05, 3.63) is 41.5 Å². The Morgan fingerprint density at radius 2 is 1.84 bits per heavy atom. The van der Waals surface area contributed by atoms with Gasteiger partial charge >= 0.3 is 6.18 Å². The van der Waals surface area contributed by atoms with E-state index in [1.54, 1.807) is 0 Å². The predicted molar refractivity (Wildman–Crippen MR) is 102 cm³/mol. The zero-order valence-corrected chi connectivity index (χ0v) is 17.6. The summed E-state index contributed by atoms with van der Waals surface area (Å²) in [6.07, 6.45) is -4.47. The average molecular weight is 463 g/mol. The van der Waals surface area contributed by atoms with Crippen LogP contribution in [0.3, 0.4) is 0 Å². The van der Waals surface area contributed by atoms with E-state index in [0.29, 0.717) is 0 Å². The minimum atomic E-state index is -5.01. The molecule has 1 fully saturated rings. The molecule has 1 aliphatic rings. The maximum atomic E-state index is 14.0. The Morgan fingerprint density at radius 1 is 1.23 bits per heavy atom. The molecule has 31 heavy (non-hydrogen) atoms. The van der Waals surface area contributed by atoms with Crippen molar-refractivity contribution in [2.24, 2.45) is 0 Å². The second kappa shape index (κ2) is 8.54. The molecule has 0 saturated carbocycles. The van der Waals surface area contributed by atoms with Gasteiger partial charge in [-0.15, -0.1) is 5.10 Å². The number of hydrogen-bond donors (Lipinski definition) is 0. The van der Waals surface area contributed by atoms with E-state index in [0.717, 1.165) is 12.1 Å². The first-order valence-corrected chi connectivity index (χ1v) is 11.1. The lowest BCUT2D eigenvalue weighted by molar-refractivity contribution is -0.143. The number of hydrogen-bond acceptors (Lipinski definition) is 5. The molecular weight excluding hydrogens is 442 g/mol. The number of sulfonamides is 1. The number of carbonyl (C=O) groups excluding carboxylic acids is 1. The van der Waals surface area contributed by atoms with E-state index >= 15 is 0 Å². The van der Waals surface area contributed by atoms with Gasteiger partial charge in [-0.05, 0) is 31.9 Å². The fourth-order valence-electron chi connectivity index (χ4n) is 3.49. The van der Waals surface area contributed by atoms with Gasteiger partial charge in [0.25, 0.3) is 5.91 Å². The summed E-state index contributed by atoms with van der Waals surface area (Å²) in [6, 6.07) is 4.38. The quantitative estimate of drug-likeness (QED) is 0.635. The van der Waals surface area contributed by atoms with Crippen LogP contribution in [-0.2, 0) is 16.2 Å². The summed E-state index contributed by atoms with van der Waals surface area (Å²) < 4.78 is 80.9. The molecule has 8 nitrogen and oxygen atoms in total. The third-order valence-electron chi connectivity index (χ3n) is 5.29. The van der Waals surface area contributed by atoms with Gasteiger partial charge in [-0.25, -0.2) is 21.8 Å². The molecule has 0 N–H and O–H groups in total. The highest BCUT2D eigenvalue weighted by Crippen LogP contribution is 2.34. The molecule has 1 saturated heterocycles. The number of amides is 1. The van der Waals surface area contributed by atoms with Crippen LogP contribution in [0.5, 0.6) is 0 Å². The van der Waals surface area contributed by atoms with Crippen molar-refractivity contribution in [1.29, 1.82) is 0 Å². The molecule has 13 heteroatoms. The van der Waals surface area contributed by atoms with Gasteiger partial charge in [0.1, 0.15) is 11.5 Å². The fraction of sp³-hybridized carbons (Fsp3) is 0.500. The molecule has 1 aromatic carbocycles. The predicted octanol–water partition coefficient (Wildman–Crippen LogP) is 2.31. The number of rotatable bonds is 5. The maximum Gasteiger partial charge on any atom is 0.435 e. The topological polar surface area (TPSA) is 88.4 Å². The lowest BCUT2D eigenvalue weighted by Gasteiger charge is -2.35. The standard InChI is InChI=1S/C18H21F4N5O3S/c1-3-31(29,30)25(2)12-8-10-26(11-9-12)17(28)15-16(18(20,21)22)27(24-23-15)14-7-5-4-6-13(14)19/h4-7,12H,3,8-11H2,1-2H3. The van der Waals surface area contributed by atoms with Crippen molar-refractivity contribution in [3.8, 4) is 5.69 Å². The molecule has 2 aromatic rings. The number of alkyl halides is 3. The monoisotopic (exact) mass is 463 g/mol. The van der Waals surface area contributed by atoms with E-state index in [1.807, 2.05) is 0 Å². The van der Waals surface area contributed by atoms with Gasteiger partial charge in [-0.2, -0.15) is 13.2 Å². The van der Waals surface area contributed by atoms with Crippen molar-refractivity contribution in [2.45, 2.75) is 32.0 Å². The summed E-state index contributed by atoms with van der Waals surface area (Å²) in [7, 11) is -1.98. The number of benzene rings is 1. The Balaban J connectivity index is 1.86. The van der Waals surface area contributed by atoms with Gasteiger partial charge in [0.2, 0.25) is 10.0 Å². The van der Waals surface area contributed by atoms with E-state index < -0.39 is 45.0 Å². The van der Waals surface area contributed by atoms with Gasteiger partial charge in [0.05, 0.1) is 5.75 Å². The number of halogens is 4. The van der Waals surface area contributed by atoms with Crippen molar-refractivity contribution in [3.63, 3.8) is 0 Å². The van der Waals surface area contributed by atoms with Gasteiger partial charge in [0.15, 0.2) is 11.4 Å². The molecule has 1 aliphatic heterocycles. The third kappa shape index (κ3) is 4.56. The summed E-state index contributed by atoms with van der Waals surface area (Å²) >= 11 is 0. The molecule has 1 amide bonds. The average Bonchev–Trinajstić information content (AvgIpc) is 3.18. The lowest BCUT2D eigenvalue weighted by Crippen LogP contribution is -2.47. The van der Waals surface area contributed by atoms with Gasteiger partial charge in [-0.1, -0.05) is 17.3 Å². The minimum Gasteiger partial charge on any atom is -0.337 e. The van der Waals surface area contributed by atoms with Crippen molar-refractivity contribution in [2.75, 3.05) is 25.9 Å². The Labute approximate surface area is 176 Å². The first-order chi connectivity index (χ1) is 14.5. The molecule has 0 unspecified atom stereocenters. The van der Waals surface area contributed by atoms with E-state index in [2.05, 4.69) is 10.3 Å². The third-order valence-corrected chi connectivity index (χ3v) is 7.20. The molecule has 0 spiro atoms. The largest absolute Gasteiger partial charge is 0.435 e. The molecule has 1 aromatic heterocycles. The summed E-state index contributed by atoms with van der Waals surface area (Å²) in [5.41, 5.74) is -2.87. The van der Waals surface area contributed by atoms with Crippen LogP contribution in [-0.4, -0.2) is 70.5 Å². The first kappa shape index (κ1) is 23.1. The Bertz CT molecular complexity index is 1060. The van der Waals surface area contributed by atoms with Crippen molar-refractivity contribution >= 4 is 15.9 Å². The van der Waals surface area contributed by atoms with Crippen LogP contribution in [0.15, 0.2) is 24.3 Å². The van der Waals surface area contributed by atoms with Gasteiger partial charge < -0.3 is 4.90 Å². The molecule has 0 atom stereocenters. The van der Waals surface area contributed by atoms with Crippen LogP contribution in [0, 0.1) is 5.82 Å². The summed E-state index contributed by atoms with van der Waals surface area (Å²) in [5.74, 6) is -2.01. The van der Waals surface area contributed by atoms with E-state index in [9.17, 15) is 30.8 Å². The first-order valence-electron chi connectivity index (χ1n) is 9.50. The van der Waals surface area contributed by atoms with Crippen LogP contribution < -0.4 is 0 Å². The van der Waals surface area contributed by atoms with Crippen LogP contribution in [0.2, 0.25) is 0 Å². The molecule has 170 valence electrons. The fourth-order valence-corrected chi connectivity index (χ4v) is 4.56. The number of likely N-dealkylation sites (tertiary alicyclic amines) is 1. The Hall–Kier alpha value is -2.54. The van der Waals surface area contributed by atoms with Crippen molar-refractivity contribution in [1.82, 2.24) is 24.2 Å². The number of piperidine rings is 1. The second-order valence-corrected chi connectivity index (χ2v) is 9.40. The minimum absolute atomic E-state index is 0.0525. The highest BCUT2D eigenvalue weighted by molar-refractivity contribution is 7.89. The Kier molecular flexibility index (Phi) is 6.37. The number of para-hydroxylation sites is 1. The van der Waals surface area contributed by atoms with Crippen molar-refractivity contribution < 1.29 is 30.8 Å². The molecular formula is C18H21F4N5O3S. The van der Waals surface area contributed by atoms with Gasteiger partial charge in [-0.3, -0.25) is 4.79 Å². The molecule has 0 aliphatic carbocycles. The zero-order valence-electron chi connectivity index (χ0n) is 16.8. The summed E-state index contributed by atoms with van der Waals surface area (Å²) in [6.45, 7) is 1.62. The van der Waals surface area contributed by atoms with Gasteiger partial charge in [0, 0.05) is 26.2 Å². The smallest absolute Gasteiger partial charge is 0.337 e. The summed E-state index contributed by atoms with van der Waals surface area (Å²) in [5, 5.41) is 6.80. The highest BCUT2D eigenvalue weighted by Gasteiger charge is 2.43. The number of nitrogens with zero attached hydrogens (tertiary/aromatic N) is 5. The van der Waals surface area contributed by atoms with Crippen LogP contribution in [0.25, 0.3) is 5.69 Å². The van der Waals surface area contributed by atoms with E-state index in [1.165, 1.54) is 35.3 Å². The van der Waals surface area contributed by atoms with Crippen LogP contribution in [0.1, 0.15) is 35.9 Å². The normalized spacial score (nSPS) is 16.2. The van der Waals surface area contributed by atoms with E-state index in [4.69, 9.17) is 0 Å². The highest BCUT2D eigenvalue weighted by atomic mass is 32.2. The lowest BCUT2D eigenvalue weighted by atomic mass is 10.0. The zero-order chi connectivity index (χ0) is 23.0. The SMILES string of the molecule is CCS(=O)(=O)N(C)C1CCN(C(=O)c2nnn(-c3ccccc3F)c2C(F)(F)F)CC1. The second-order valence-electron chi connectivity index (χ2n) is 7.09. The summed E-state index contributed by atoms with van der Waals surface area (Å²) in [4.78, 5) is 14.0. The Morgan fingerprint density at radius 3 is 2.39 bits per heavy atom. The van der Waals surface area contributed by atoms with E-state index in [-0.39, 0.29) is 42.4 Å². The molecule has 2 heterocycles. The van der Waals surface area contributed by atoms with Crippen LogP contribution in [0.4, 0.5) is 17.6 Å².